The van der Waals surface area contributed by atoms with Gasteiger partial charge in [0.05, 0.1) is 12.2 Å². The van der Waals surface area contributed by atoms with Crippen molar-refractivity contribution in [3.63, 3.8) is 0 Å². The molecule has 0 fully saturated rings. The van der Waals surface area contributed by atoms with E-state index in [4.69, 9.17) is 4.74 Å². The van der Waals surface area contributed by atoms with Crippen molar-refractivity contribution >= 4 is 27.8 Å². The number of benzene rings is 1. The zero-order chi connectivity index (χ0) is 20.1. The van der Waals surface area contributed by atoms with E-state index in [0.717, 1.165) is 12.8 Å². The van der Waals surface area contributed by atoms with Gasteiger partial charge in [-0.15, -0.1) is 0 Å². The van der Waals surface area contributed by atoms with Gasteiger partial charge < -0.3 is 10.1 Å². The van der Waals surface area contributed by atoms with Crippen LogP contribution in [0.2, 0.25) is 0 Å². The van der Waals surface area contributed by atoms with Crippen molar-refractivity contribution in [2.75, 3.05) is 6.61 Å². The quantitative estimate of drug-likeness (QED) is 0.308. The van der Waals surface area contributed by atoms with Crippen LogP contribution in [0.1, 0.15) is 82.5 Å². The van der Waals surface area contributed by atoms with Crippen LogP contribution in [0.5, 0.6) is 0 Å². The fourth-order valence-corrected chi connectivity index (χ4v) is 3.36. The van der Waals surface area contributed by atoms with Gasteiger partial charge in [0, 0.05) is 4.47 Å². The predicted octanol–water partition coefficient (Wildman–Crippen LogP) is 5.89. The Morgan fingerprint density at radius 2 is 1.67 bits per heavy atom. The summed E-state index contributed by atoms with van der Waals surface area (Å²) < 4.78 is 6.14. The second-order valence-electron chi connectivity index (χ2n) is 7.42. The van der Waals surface area contributed by atoms with E-state index in [0.29, 0.717) is 23.1 Å². The Hall–Kier alpha value is -1.36. The third-order valence-electron chi connectivity index (χ3n) is 4.41. The van der Waals surface area contributed by atoms with Crippen LogP contribution in [-0.2, 0) is 9.53 Å². The Bertz CT molecular complexity index is 574. The number of halogens is 1. The average Bonchev–Trinajstić information content (AvgIpc) is 2.63. The summed E-state index contributed by atoms with van der Waals surface area (Å²) in [5.74, 6) is -0.322. The molecule has 4 nitrogen and oxygen atoms in total. The van der Waals surface area contributed by atoms with Gasteiger partial charge in [0.1, 0.15) is 6.04 Å². The molecule has 27 heavy (non-hydrogen) atoms. The fourth-order valence-electron chi connectivity index (χ4n) is 2.90. The largest absolute Gasteiger partial charge is 0.464 e. The number of amides is 1. The van der Waals surface area contributed by atoms with Gasteiger partial charge in [-0.1, -0.05) is 71.4 Å². The topological polar surface area (TPSA) is 55.4 Å². The summed E-state index contributed by atoms with van der Waals surface area (Å²) in [5, 5.41) is 2.84. The van der Waals surface area contributed by atoms with Gasteiger partial charge >= 0.3 is 5.97 Å². The predicted molar refractivity (Wildman–Crippen MR) is 114 cm³/mol. The van der Waals surface area contributed by atoms with E-state index in [1.54, 1.807) is 12.1 Å². The fraction of sp³-hybridized carbons (Fsp3) is 0.636. The number of carbonyl (C=O) groups excluding carboxylic acids is 2. The molecule has 0 saturated carbocycles. The molecule has 1 aromatic carbocycles. The number of rotatable bonds is 13. The Kier molecular flexibility index (Phi) is 12.1. The summed E-state index contributed by atoms with van der Waals surface area (Å²) in [6.07, 6.45) is 8.79. The second kappa shape index (κ2) is 13.8. The third-order valence-corrected chi connectivity index (χ3v) is 5.10. The molecule has 1 aromatic rings. The Morgan fingerprint density at radius 3 is 2.30 bits per heavy atom. The molecule has 0 bridgehead atoms. The highest BCUT2D eigenvalue weighted by molar-refractivity contribution is 9.10. The first-order chi connectivity index (χ1) is 13.0. The number of unbranched alkanes of at least 4 members (excludes halogenated alkanes) is 6. The molecule has 0 aromatic heterocycles. The summed E-state index contributed by atoms with van der Waals surface area (Å²) in [6, 6.07) is 6.58. The van der Waals surface area contributed by atoms with Gasteiger partial charge in [0.15, 0.2) is 0 Å². The lowest BCUT2D eigenvalue weighted by atomic mass is 10.0. The zero-order valence-electron chi connectivity index (χ0n) is 16.9. The van der Waals surface area contributed by atoms with Crippen LogP contribution in [0, 0.1) is 5.92 Å². The second-order valence-corrected chi connectivity index (χ2v) is 8.28. The summed E-state index contributed by atoms with van der Waals surface area (Å²) >= 11 is 3.38. The van der Waals surface area contributed by atoms with Crippen LogP contribution >= 0.6 is 15.9 Å². The normalized spacial score (nSPS) is 12.0. The van der Waals surface area contributed by atoms with Gasteiger partial charge in [-0.2, -0.15) is 0 Å². The number of hydrogen-bond acceptors (Lipinski definition) is 3. The molecule has 0 spiro atoms. The number of esters is 1. The zero-order valence-corrected chi connectivity index (χ0v) is 18.5. The first-order valence-corrected chi connectivity index (χ1v) is 11.0. The SMILES string of the molecule is CCCCCCCCCOC(=O)C(CC(C)C)NC(=O)c1ccccc1Br. The molecule has 0 aliphatic heterocycles. The van der Waals surface area contributed by atoms with Gasteiger partial charge in [-0.3, -0.25) is 4.79 Å². The molecule has 0 radical (unpaired) electrons. The molecule has 1 unspecified atom stereocenters. The Balaban J connectivity index is 2.45. The molecule has 0 aliphatic rings. The lowest BCUT2D eigenvalue weighted by Gasteiger charge is -2.20. The van der Waals surface area contributed by atoms with E-state index in [-0.39, 0.29) is 17.8 Å². The van der Waals surface area contributed by atoms with Crippen LogP contribution in [0.15, 0.2) is 28.7 Å². The standard InChI is InChI=1S/C22H34BrNO3/c1-4-5-6-7-8-9-12-15-27-22(26)20(16-17(2)3)24-21(25)18-13-10-11-14-19(18)23/h10-11,13-14,17,20H,4-9,12,15-16H2,1-3H3,(H,24,25). The molecule has 1 amide bonds. The van der Waals surface area contributed by atoms with E-state index < -0.39 is 6.04 Å². The van der Waals surface area contributed by atoms with E-state index in [2.05, 4.69) is 28.2 Å². The molecular formula is C22H34BrNO3. The van der Waals surface area contributed by atoms with Crippen molar-refractivity contribution < 1.29 is 14.3 Å². The van der Waals surface area contributed by atoms with Crippen LogP contribution in [-0.4, -0.2) is 24.5 Å². The number of hydrogen-bond donors (Lipinski definition) is 1. The molecule has 1 N–H and O–H groups in total. The summed E-state index contributed by atoms with van der Waals surface area (Å²) in [6.45, 7) is 6.69. The monoisotopic (exact) mass is 439 g/mol. The molecule has 1 rings (SSSR count). The maximum atomic E-state index is 12.5. The number of nitrogens with one attached hydrogen (secondary N) is 1. The van der Waals surface area contributed by atoms with Gasteiger partial charge in [-0.25, -0.2) is 4.79 Å². The van der Waals surface area contributed by atoms with Crippen molar-refractivity contribution in [3.8, 4) is 0 Å². The van der Waals surface area contributed by atoms with Crippen molar-refractivity contribution in [3.05, 3.63) is 34.3 Å². The molecule has 0 heterocycles. The highest BCUT2D eigenvalue weighted by atomic mass is 79.9. The summed E-state index contributed by atoms with van der Waals surface area (Å²) in [4.78, 5) is 25.0. The maximum Gasteiger partial charge on any atom is 0.328 e. The van der Waals surface area contributed by atoms with Crippen LogP contribution < -0.4 is 5.32 Å². The van der Waals surface area contributed by atoms with E-state index in [1.165, 1.54) is 32.1 Å². The van der Waals surface area contributed by atoms with Crippen molar-refractivity contribution in [1.82, 2.24) is 5.32 Å². The van der Waals surface area contributed by atoms with Crippen molar-refractivity contribution in [1.29, 1.82) is 0 Å². The summed E-state index contributed by atoms with van der Waals surface area (Å²) in [7, 11) is 0. The van der Waals surface area contributed by atoms with E-state index in [9.17, 15) is 9.59 Å². The van der Waals surface area contributed by atoms with E-state index >= 15 is 0 Å². The Labute approximate surface area is 172 Å². The highest BCUT2D eigenvalue weighted by Crippen LogP contribution is 2.17. The highest BCUT2D eigenvalue weighted by Gasteiger charge is 2.24. The molecule has 152 valence electrons. The van der Waals surface area contributed by atoms with Crippen molar-refractivity contribution in [2.24, 2.45) is 5.92 Å². The first-order valence-electron chi connectivity index (χ1n) is 10.2. The minimum Gasteiger partial charge on any atom is -0.464 e. The maximum absolute atomic E-state index is 12.5. The lowest BCUT2D eigenvalue weighted by molar-refractivity contribution is -0.146. The molecule has 0 aliphatic carbocycles. The average molecular weight is 440 g/mol. The van der Waals surface area contributed by atoms with Crippen LogP contribution in [0.25, 0.3) is 0 Å². The third kappa shape index (κ3) is 9.94. The first kappa shape index (κ1) is 23.7. The molecule has 1 atom stereocenters. The minimum atomic E-state index is -0.617. The molecule has 0 saturated heterocycles. The van der Waals surface area contributed by atoms with Crippen molar-refractivity contribution in [2.45, 2.75) is 78.2 Å². The Morgan fingerprint density at radius 1 is 1.04 bits per heavy atom. The lowest BCUT2D eigenvalue weighted by Crippen LogP contribution is -2.43. The van der Waals surface area contributed by atoms with E-state index in [1.807, 2.05) is 26.0 Å². The molecule has 5 heteroatoms. The summed E-state index contributed by atoms with van der Waals surface area (Å²) in [5.41, 5.74) is 0.520. The van der Waals surface area contributed by atoms with Gasteiger partial charge in [0.25, 0.3) is 5.91 Å². The number of carbonyl (C=O) groups is 2. The van der Waals surface area contributed by atoms with Crippen LogP contribution in [0.3, 0.4) is 0 Å². The number of ether oxygens (including phenoxy) is 1. The minimum absolute atomic E-state index is 0.263. The van der Waals surface area contributed by atoms with Crippen LogP contribution in [0.4, 0.5) is 0 Å². The van der Waals surface area contributed by atoms with Gasteiger partial charge in [-0.05, 0) is 46.8 Å². The van der Waals surface area contributed by atoms with Gasteiger partial charge in [0.2, 0.25) is 0 Å². The molecular weight excluding hydrogens is 406 g/mol. The smallest absolute Gasteiger partial charge is 0.328 e.